The standard InChI is InChI=1S/C8H9F3N4/c9-8(10,11)7(3-4-7)13-6-2-1-5(12)14-15-6/h1-2H,3-4H2,(H2,12,14)(H,13,15). The summed E-state index contributed by atoms with van der Waals surface area (Å²) in [5, 5.41) is 9.34. The van der Waals surface area contributed by atoms with Crippen molar-refractivity contribution in [3.63, 3.8) is 0 Å². The number of nitrogens with two attached hydrogens (primary N) is 1. The molecule has 0 radical (unpaired) electrons. The smallest absolute Gasteiger partial charge is 0.382 e. The molecule has 0 amide bonds. The van der Waals surface area contributed by atoms with E-state index in [1.54, 1.807) is 0 Å². The Balaban J connectivity index is 2.13. The maximum absolute atomic E-state index is 12.5. The van der Waals surface area contributed by atoms with Crippen LogP contribution in [0.15, 0.2) is 12.1 Å². The number of hydrogen-bond donors (Lipinski definition) is 2. The van der Waals surface area contributed by atoms with Gasteiger partial charge in [-0.25, -0.2) is 0 Å². The number of alkyl halides is 3. The maximum atomic E-state index is 12.5. The van der Waals surface area contributed by atoms with Crippen molar-refractivity contribution in [2.24, 2.45) is 0 Å². The molecule has 82 valence electrons. The number of nitrogens with one attached hydrogen (secondary N) is 1. The van der Waals surface area contributed by atoms with Gasteiger partial charge >= 0.3 is 6.18 Å². The quantitative estimate of drug-likeness (QED) is 0.790. The Morgan fingerprint density at radius 1 is 1.27 bits per heavy atom. The van der Waals surface area contributed by atoms with Gasteiger partial charge in [-0.1, -0.05) is 0 Å². The third kappa shape index (κ3) is 1.81. The summed E-state index contributed by atoms with van der Waals surface area (Å²) in [7, 11) is 0. The lowest BCUT2D eigenvalue weighted by atomic mass is 10.2. The molecule has 1 aromatic rings. The second-order valence-corrected chi connectivity index (χ2v) is 3.55. The van der Waals surface area contributed by atoms with E-state index in [0.717, 1.165) is 0 Å². The molecule has 0 aliphatic heterocycles. The summed E-state index contributed by atoms with van der Waals surface area (Å²) in [6.45, 7) is 0. The fraction of sp³-hybridized carbons (Fsp3) is 0.500. The summed E-state index contributed by atoms with van der Waals surface area (Å²) >= 11 is 0. The molecular weight excluding hydrogens is 209 g/mol. The van der Waals surface area contributed by atoms with Crippen molar-refractivity contribution in [2.75, 3.05) is 11.1 Å². The van der Waals surface area contributed by atoms with Gasteiger partial charge in [-0.15, -0.1) is 10.2 Å². The fourth-order valence-electron chi connectivity index (χ4n) is 1.26. The lowest BCUT2D eigenvalue weighted by Crippen LogP contribution is -2.38. The molecule has 0 atom stereocenters. The summed E-state index contributed by atoms with van der Waals surface area (Å²) in [6.07, 6.45) is -4.11. The molecule has 0 aromatic carbocycles. The van der Waals surface area contributed by atoms with E-state index >= 15 is 0 Å². The van der Waals surface area contributed by atoms with E-state index in [1.807, 2.05) is 0 Å². The van der Waals surface area contributed by atoms with Crippen molar-refractivity contribution in [2.45, 2.75) is 24.6 Å². The molecule has 15 heavy (non-hydrogen) atoms. The van der Waals surface area contributed by atoms with E-state index in [9.17, 15) is 13.2 Å². The van der Waals surface area contributed by atoms with Crippen LogP contribution in [0.4, 0.5) is 24.8 Å². The number of hydrogen-bond acceptors (Lipinski definition) is 4. The molecule has 1 fully saturated rings. The molecule has 1 saturated carbocycles. The summed E-state index contributed by atoms with van der Waals surface area (Å²) in [5.41, 5.74) is 3.46. The first-order valence-electron chi connectivity index (χ1n) is 4.37. The molecule has 7 heteroatoms. The summed E-state index contributed by atoms with van der Waals surface area (Å²) in [6, 6.07) is 2.79. The zero-order chi connectivity index (χ0) is 11.1. The fourth-order valence-corrected chi connectivity index (χ4v) is 1.26. The average molecular weight is 218 g/mol. The van der Waals surface area contributed by atoms with Gasteiger partial charge in [-0.2, -0.15) is 13.2 Å². The molecule has 2 rings (SSSR count). The van der Waals surface area contributed by atoms with Crippen LogP contribution in [0.5, 0.6) is 0 Å². The Kier molecular flexibility index (Phi) is 1.99. The number of nitrogens with zero attached hydrogens (tertiary/aromatic N) is 2. The topological polar surface area (TPSA) is 63.8 Å². The molecule has 0 bridgehead atoms. The Morgan fingerprint density at radius 3 is 2.33 bits per heavy atom. The van der Waals surface area contributed by atoms with Crippen molar-refractivity contribution < 1.29 is 13.2 Å². The summed E-state index contributed by atoms with van der Waals surface area (Å²) < 4.78 is 37.6. The van der Waals surface area contributed by atoms with Gasteiger partial charge in [0.25, 0.3) is 0 Å². The number of rotatable bonds is 2. The van der Waals surface area contributed by atoms with Gasteiger partial charge in [-0.3, -0.25) is 0 Å². The highest BCUT2D eigenvalue weighted by Crippen LogP contribution is 2.50. The number of halogens is 3. The zero-order valence-corrected chi connectivity index (χ0v) is 7.67. The van der Waals surface area contributed by atoms with Crippen LogP contribution < -0.4 is 11.1 Å². The Labute approximate surface area is 83.7 Å². The van der Waals surface area contributed by atoms with Gasteiger partial charge in [0.2, 0.25) is 0 Å². The maximum Gasteiger partial charge on any atom is 0.411 e. The highest BCUT2D eigenvalue weighted by atomic mass is 19.4. The van der Waals surface area contributed by atoms with Crippen molar-refractivity contribution in [3.05, 3.63) is 12.1 Å². The molecular formula is C8H9F3N4. The molecule has 1 aromatic heterocycles. The predicted molar refractivity (Wildman–Crippen MR) is 48.1 cm³/mol. The van der Waals surface area contributed by atoms with E-state index in [4.69, 9.17) is 5.73 Å². The highest BCUT2D eigenvalue weighted by molar-refractivity contribution is 5.43. The molecule has 1 aliphatic rings. The number of nitrogen functional groups attached to an aromatic ring is 1. The molecule has 0 saturated heterocycles. The van der Waals surface area contributed by atoms with E-state index in [2.05, 4.69) is 15.5 Å². The van der Waals surface area contributed by atoms with Crippen molar-refractivity contribution >= 4 is 11.6 Å². The molecule has 4 nitrogen and oxygen atoms in total. The Hall–Kier alpha value is -1.53. The SMILES string of the molecule is Nc1ccc(NC2(C(F)(F)F)CC2)nn1. The highest BCUT2D eigenvalue weighted by Gasteiger charge is 2.63. The first-order chi connectivity index (χ1) is 6.93. The third-order valence-electron chi connectivity index (χ3n) is 2.35. The minimum Gasteiger partial charge on any atom is -0.382 e. The van der Waals surface area contributed by atoms with Crippen LogP contribution in [-0.2, 0) is 0 Å². The van der Waals surface area contributed by atoms with Gasteiger partial charge in [0.1, 0.15) is 17.2 Å². The van der Waals surface area contributed by atoms with Gasteiger partial charge in [0, 0.05) is 0 Å². The monoisotopic (exact) mass is 218 g/mol. The van der Waals surface area contributed by atoms with Gasteiger partial charge < -0.3 is 11.1 Å². The van der Waals surface area contributed by atoms with Crippen LogP contribution in [0.2, 0.25) is 0 Å². The summed E-state index contributed by atoms with van der Waals surface area (Å²) in [5.74, 6) is 0.274. The average Bonchev–Trinajstić information content (AvgIpc) is 2.89. The van der Waals surface area contributed by atoms with Crippen LogP contribution in [0, 0.1) is 0 Å². The summed E-state index contributed by atoms with van der Waals surface area (Å²) in [4.78, 5) is 0. The first kappa shape index (κ1) is 10.0. The van der Waals surface area contributed by atoms with Gasteiger partial charge in [-0.05, 0) is 25.0 Å². The first-order valence-corrected chi connectivity index (χ1v) is 4.37. The Bertz CT molecular complexity index is 355. The van der Waals surface area contributed by atoms with E-state index < -0.39 is 11.7 Å². The normalized spacial score (nSPS) is 18.6. The van der Waals surface area contributed by atoms with Crippen LogP contribution in [-0.4, -0.2) is 21.9 Å². The number of aromatic nitrogens is 2. The minimum absolute atomic E-state index is 0.0720. The van der Waals surface area contributed by atoms with E-state index in [0.29, 0.717) is 0 Å². The predicted octanol–water partition coefficient (Wildman–Crippen LogP) is 1.57. The second kappa shape index (κ2) is 2.98. The molecule has 0 spiro atoms. The van der Waals surface area contributed by atoms with E-state index in [-0.39, 0.29) is 24.5 Å². The van der Waals surface area contributed by atoms with Crippen LogP contribution in [0.3, 0.4) is 0 Å². The van der Waals surface area contributed by atoms with Crippen LogP contribution in [0.1, 0.15) is 12.8 Å². The van der Waals surface area contributed by atoms with Crippen molar-refractivity contribution in [1.82, 2.24) is 10.2 Å². The minimum atomic E-state index is -4.25. The van der Waals surface area contributed by atoms with Gasteiger partial charge in [0.05, 0.1) is 0 Å². The molecule has 0 unspecified atom stereocenters. The molecule has 1 aliphatic carbocycles. The van der Waals surface area contributed by atoms with E-state index in [1.165, 1.54) is 12.1 Å². The molecule has 3 N–H and O–H groups in total. The third-order valence-corrected chi connectivity index (χ3v) is 2.35. The zero-order valence-electron chi connectivity index (χ0n) is 7.67. The lowest BCUT2D eigenvalue weighted by molar-refractivity contribution is -0.151. The number of anilines is 2. The van der Waals surface area contributed by atoms with Gasteiger partial charge in [0.15, 0.2) is 0 Å². The lowest BCUT2D eigenvalue weighted by Gasteiger charge is -2.20. The van der Waals surface area contributed by atoms with Crippen LogP contribution >= 0.6 is 0 Å². The second-order valence-electron chi connectivity index (χ2n) is 3.55. The van der Waals surface area contributed by atoms with Crippen molar-refractivity contribution in [3.8, 4) is 0 Å². The van der Waals surface area contributed by atoms with Crippen LogP contribution in [0.25, 0.3) is 0 Å². The van der Waals surface area contributed by atoms with Crippen molar-refractivity contribution in [1.29, 1.82) is 0 Å². The Morgan fingerprint density at radius 2 is 1.93 bits per heavy atom. The largest absolute Gasteiger partial charge is 0.411 e. The molecule has 1 heterocycles.